The van der Waals surface area contributed by atoms with Gasteiger partial charge in [-0.2, -0.15) is 0 Å². The molecule has 0 unspecified atom stereocenters. The van der Waals surface area contributed by atoms with Gasteiger partial charge in [0.05, 0.1) is 0 Å². The zero-order valence-electron chi connectivity index (χ0n) is 9.28. The summed E-state index contributed by atoms with van der Waals surface area (Å²) in [5, 5.41) is 8.69. The molecule has 14 heavy (non-hydrogen) atoms. The number of aliphatic hydroxyl groups is 1. The van der Waals surface area contributed by atoms with E-state index in [4.69, 9.17) is 10.8 Å². The highest BCUT2D eigenvalue weighted by atomic mass is 16.2. The fraction of sp³-hybridized carbons (Fsp3) is 1.00. The first-order valence-corrected chi connectivity index (χ1v) is 5.80. The van der Waals surface area contributed by atoms with Crippen molar-refractivity contribution in [1.82, 2.24) is 4.90 Å². The van der Waals surface area contributed by atoms with Crippen LogP contribution in [0.4, 0.5) is 0 Å². The highest BCUT2D eigenvalue weighted by molar-refractivity contribution is 4.79. The van der Waals surface area contributed by atoms with Crippen LogP contribution in [0.2, 0.25) is 0 Å². The molecule has 0 radical (unpaired) electrons. The number of hydrogen-bond donors (Lipinski definition) is 2. The lowest BCUT2D eigenvalue weighted by molar-refractivity contribution is 0.175. The molecule has 3 N–H and O–H groups in total. The van der Waals surface area contributed by atoms with Gasteiger partial charge in [0.2, 0.25) is 0 Å². The molecule has 1 aliphatic carbocycles. The lowest BCUT2D eigenvalue weighted by Gasteiger charge is -2.33. The Kier molecular flexibility index (Phi) is 5.45. The average Bonchev–Trinajstić information content (AvgIpc) is 2.19. The Morgan fingerprint density at radius 2 is 1.86 bits per heavy atom. The van der Waals surface area contributed by atoms with Crippen LogP contribution in [0.1, 0.15) is 38.5 Å². The molecular weight excluding hydrogens is 176 g/mol. The van der Waals surface area contributed by atoms with Crippen molar-refractivity contribution in [3.8, 4) is 0 Å². The number of nitrogens with two attached hydrogens (primary N) is 1. The van der Waals surface area contributed by atoms with Crippen LogP contribution in [0.25, 0.3) is 0 Å². The van der Waals surface area contributed by atoms with E-state index in [-0.39, 0.29) is 0 Å². The van der Waals surface area contributed by atoms with E-state index in [2.05, 4.69) is 11.9 Å². The predicted octanol–water partition coefficient (Wildman–Crippen LogP) is 0.961. The van der Waals surface area contributed by atoms with Gasteiger partial charge in [-0.3, -0.25) is 0 Å². The molecule has 0 bridgehead atoms. The minimum absolute atomic E-state index is 0.323. The number of aliphatic hydroxyl groups excluding tert-OH is 1. The van der Waals surface area contributed by atoms with Crippen molar-refractivity contribution in [3.63, 3.8) is 0 Å². The lowest BCUT2D eigenvalue weighted by atomic mass is 9.91. The molecule has 1 fully saturated rings. The number of unbranched alkanes of at least 4 members (excludes halogenated alkanes) is 1. The number of nitrogens with zero attached hydrogens (tertiary/aromatic N) is 1. The van der Waals surface area contributed by atoms with Crippen molar-refractivity contribution >= 4 is 0 Å². The van der Waals surface area contributed by atoms with E-state index in [1.807, 2.05) is 0 Å². The summed E-state index contributed by atoms with van der Waals surface area (Å²) in [5.41, 5.74) is 5.87. The van der Waals surface area contributed by atoms with Gasteiger partial charge in [0.25, 0.3) is 0 Å². The minimum atomic E-state index is 0.323. The highest BCUT2D eigenvalue weighted by Gasteiger charge is 2.21. The summed E-state index contributed by atoms with van der Waals surface area (Å²) in [5.74, 6) is 0. The third kappa shape index (κ3) is 3.95. The fourth-order valence-corrected chi connectivity index (χ4v) is 2.20. The van der Waals surface area contributed by atoms with E-state index in [0.717, 1.165) is 25.4 Å². The standard InChI is InChI=1S/C11H24N2O/c1-13(8-2-3-9-14)11-6-4-10(12)5-7-11/h10-11,14H,2-9,12H2,1H3. The van der Waals surface area contributed by atoms with Crippen LogP contribution in [0.5, 0.6) is 0 Å². The Bertz CT molecular complexity index is 144. The lowest BCUT2D eigenvalue weighted by Crippen LogP contribution is -2.39. The molecule has 3 heteroatoms. The van der Waals surface area contributed by atoms with E-state index in [9.17, 15) is 0 Å². The largest absolute Gasteiger partial charge is 0.396 e. The molecule has 0 aromatic carbocycles. The molecule has 1 saturated carbocycles. The van der Waals surface area contributed by atoms with Crippen molar-refractivity contribution in [1.29, 1.82) is 0 Å². The van der Waals surface area contributed by atoms with Gasteiger partial charge in [-0.15, -0.1) is 0 Å². The average molecular weight is 200 g/mol. The van der Waals surface area contributed by atoms with Crippen molar-refractivity contribution in [2.75, 3.05) is 20.2 Å². The zero-order chi connectivity index (χ0) is 10.4. The summed E-state index contributed by atoms with van der Waals surface area (Å²) in [6.07, 6.45) is 6.88. The van der Waals surface area contributed by atoms with Crippen molar-refractivity contribution in [2.45, 2.75) is 50.6 Å². The summed E-state index contributed by atoms with van der Waals surface area (Å²) in [6.45, 7) is 1.43. The van der Waals surface area contributed by atoms with Crippen LogP contribution in [0, 0.1) is 0 Å². The van der Waals surface area contributed by atoms with Crippen molar-refractivity contribution in [3.05, 3.63) is 0 Å². The van der Waals surface area contributed by atoms with Crippen LogP contribution in [0.3, 0.4) is 0 Å². The van der Waals surface area contributed by atoms with E-state index in [1.165, 1.54) is 25.7 Å². The molecule has 1 rings (SSSR count). The van der Waals surface area contributed by atoms with E-state index in [0.29, 0.717) is 12.6 Å². The summed E-state index contributed by atoms with van der Waals surface area (Å²) < 4.78 is 0. The van der Waals surface area contributed by atoms with Gasteiger partial charge < -0.3 is 15.7 Å². The van der Waals surface area contributed by atoms with Crippen LogP contribution in [-0.4, -0.2) is 42.3 Å². The van der Waals surface area contributed by atoms with E-state index >= 15 is 0 Å². The molecule has 0 aliphatic heterocycles. The first kappa shape index (κ1) is 12.0. The second-order valence-corrected chi connectivity index (χ2v) is 4.48. The maximum Gasteiger partial charge on any atom is 0.0431 e. The minimum Gasteiger partial charge on any atom is -0.396 e. The molecule has 0 heterocycles. The molecule has 1 aliphatic rings. The molecule has 0 spiro atoms. The summed E-state index contributed by atoms with van der Waals surface area (Å²) in [4.78, 5) is 2.43. The monoisotopic (exact) mass is 200 g/mol. The van der Waals surface area contributed by atoms with Gasteiger partial charge >= 0.3 is 0 Å². The SMILES string of the molecule is CN(CCCCO)C1CCC(N)CC1. The molecular formula is C11H24N2O. The summed E-state index contributed by atoms with van der Waals surface area (Å²) in [7, 11) is 2.19. The first-order chi connectivity index (χ1) is 6.74. The Hall–Kier alpha value is -0.120. The Balaban J connectivity index is 2.13. The second-order valence-electron chi connectivity index (χ2n) is 4.48. The quantitative estimate of drug-likeness (QED) is 0.650. The normalized spacial score (nSPS) is 28.3. The first-order valence-electron chi connectivity index (χ1n) is 5.80. The van der Waals surface area contributed by atoms with E-state index in [1.54, 1.807) is 0 Å². The van der Waals surface area contributed by atoms with Gasteiger partial charge in [-0.25, -0.2) is 0 Å². The maximum absolute atomic E-state index is 8.69. The topological polar surface area (TPSA) is 49.5 Å². The molecule has 3 nitrogen and oxygen atoms in total. The summed E-state index contributed by atoms with van der Waals surface area (Å²) in [6, 6.07) is 1.17. The Labute approximate surface area is 87.3 Å². The van der Waals surface area contributed by atoms with E-state index < -0.39 is 0 Å². The van der Waals surface area contributed by atoms with Crippen molar-refractivity contribution in [2.24, 2.45) is 5.73 Å². The number of rotatable bonds is 5. The van der Waals surface area contributed by atoms with Crippen LogP contribution in [-0.2, 0) is 0 Å². The Morgan fingerprint density at radius 1 is 1.21 bits per heavy atom. The highest BCUT2D eigenvalue weighted by Crippen LogP contribution is 2.21. The third-order valence-corrected chi connectivity index (χ3v) is 3.28. The second kappa shape index (κ2) is 6.38. The zero-order valence-corrected chi connectivity index (χ0v) is 9.28. The molecule has 0 aromatic rings. The fourth-order valence-electron chi connectivity index (χ4n) is 2.20. The molecule has 0 atom stereocenters. The Morgan fingerprint density at radius 3 is 2.43 bits per heavy atom. The van der Waals surface area contributed by atoms with Crippen LogP contribution in [0.15, 0.2) is 0 Å². The smallest absolute Gasteiger partial charge is 0.0431 e. The molecule has 84 valence electrons. The number of hydrogen-bond acceptors (Lipinski definition) is 3. The van der Waals surface area contributed by atoms with Crippen molar-refractivity contribution < 1.29 is 5.11 Å². The molecule has 0 amide bonds. The van der Waals surface area contributed by atoms with Gasteiger partial charge in [0, 0.05) is 18.7 Å². The van der Waals surface area contributed by atoms with Crippen LogP contribution >= 0.6 is 0 Å². The predicted molar refractivity (Wildman–Crippen MR) is 59.2 cm³/mol. The van der Waals surface area contributed by atoms with Gasteiger partial charge in [0.15, 0.2) is 0 Å². The van der Waals surface area contributed by atoms with Gasteiger partial charge in [0.1, 0.15) is 0 Å². The molecule has 0 aromatic heterocycles. The summed E-state index contributed by atoms with van der Waals surface area (Å²) >= 11 is 0. The van der Waals surface area contributed by atoms with Gasteiger partial charge in [-0.05, 0) is 52.1 Å². The maximum atomic E-state index is 8.69. The molecule has 0 saturated heterocycles. The van der Waals surface area contributed by atoms with Gasteiger partial charge in [-0.1, -0.05) is 0 Å². The van der Waals surface area contributed by atoms with Crippen LogP contribution < -0.4 is 5.73 Å². The third-order valence-electron chi connectivity index (χ3n) is 3.28.